The average Bonchev–Trinajstić information content (AvgIpc) is 2.66. The molecule has 3 heteroatoms. The monoisotopic (exact) mass is 192 g/mol. The molecule has 3 nitrogen and oxygen atoms in total. The summed E-state index contributed by atoms with van der Waals surface area (Å²) in [6, 6.07) is 1.77. The highest BCUT2D eigenvalue weighted by Gasteiger charge is 2.04. The number of hydrogen-bond donors (Lipinski definition) is 0. The molecule has 1 rings (SSSR count). The topological polar surface area (TPSA) is 39.4 Å². The van der Waals surface area contributed by atoms with E-state index in [0.717, 1.165) is 5.56 Å². The molecule has 0 aliphatic carbocycles. The van der Waals surface area contributed by atoms with Crippen molar-refractivity contribution < 1.29 is 13.9 Å². The molecule has 0 fully saturated rings. The van der Waals surface area contributed by atoms with E-state index in [0.29, 0.717) is 5.57 Å². The zero-order chi connectivity index (χ0) is 10.4. The van der Waals surface area contributed by atoms with E-state index in [1.54, 1.807) is 31.6 Å². The summed E-state index contributed by atoms with van der Waals surface area (Å²) < 4.78 is 9.71. The molecule has 1 aromatic heterocycles. The van der Waals surface area contributed by atoms with Crippen LogP contribution in [0.25, 0.3) is 6.08 Å². The summed E-state index contributed by atoms with van der Waals surface area (Å²) in [6.45, 7) is 5.38. The molecule has 0 unspecified atom stereocenters. The van der Waals surface area contributed by atoms with Gasteiger partial charge in [0.1, 0.15) is 6.61 Å². The highest BCUT2D eigenvalue weighted by Crippen LogP contribution is 2.08. The van der Waals surface area contributed by atoms with Gasteiger partial charge in [-0.2, -0.15) is 0 Å². The van der Waals surface area contributed by atoms with Gasteiger partial charge >= 0.3 is 5.97 Å². The lowest BCUT2D eigenvalue weighted by Crippen LogP contribution is -2.05. The summed E-state index contributed by atoms with van der Waals surface area (Å²) in [5.74, 6) is -0.342. The second kappa shape index (κ2) is 5.07. The van der Waals surface area contributed by atoms with Crippen molar-refractivity contribution in [2.45, 2.75) is 6.92 Å². The lowest BCUT2D eigenvalue weighted by molar-refractivity contribution is -0.137. The van der Waals surface area contributed by atoms with Crippen LogP contribution in [0, 0.1) is 0 Å². The number of hydrogen-bond acceptors (Lipinski definition) is 3. The second-order valence-electron chi connectivity index (χ2n) is 2.77. The molecule has 0 aromatic carbocycles. The first-order valence-electron chi connectivity index (χ1n) is 4.22. The van der Waals surface area contributed by atoms with Crippen molar-refractivity contribution in [1.82, 2.24) is 0 Å². The standard InChI is InChI=1S/C11H12O3/c1-3-5-14-11(12)9(2)7-10-4-6-13-8-10/h3-4,6-8H,1,5H2,2H3/b9-7+. The largest absolute Gasteiger partial charge is 0.472 e. The number of ether oxygens (including phenoxy) is 1. The van der Waals surface area contributed by atoms with E-state index in [2.05, 4.69) is 6.58 Å². The Morgan fingerprint density at radius 2 is 2.50 bits per heavy atom. The first-order chi connectivity index (χ1) is 6.74. The minimum Gasteiger partial charge on any atom is -0.472 e. The van der Waals surface area contributed by atoms with Gasteiger partial charge in [-0.05, 0) is 19.1 Å². The van der Waals surface area contributed by atoms with Crippen LogP contribution >= 0.6 is 0 Å². The molecule has 0 N–H and O–H groups in total. The van der Waals surface area contributed by atoms with Gasteiger partial charge in [0.25, 0.3) is 0 Å². The minimum absolute atomic E-state index is 0.232. The Morgan fingerprint density at radius 1 is 1.71 bits per heavy atom. The molecular weight excluding hydrogens is 180 g/mol. The van der Waals surface area contributed by atoms with Crippen molar-refractivity contribution in [2.75, 3.05) is 6.61 Å². The fourth-order valence-electron chi connectivity index (χ4n) is 0.914. The summed E-state index contributed by atoms with van der Waals surface area (Å²) in [6.07, 6.45) is 6.34. The lowest BCUT2D eigenvalue weighted by Gasteiger charge is -2.00. The van der Waals surface area contributed by atoms with Gasteiger partial charge in [0.15, 0.2) is 0 Å². The molecule has 0 bridgehead atoms. The van der Waals surface area contributed by atoms with Gasteiger partial charge in [0.05, 0.1) is 12.5 Å². The molecule has 0 aliphatic heterocycles. The SMILES string of the molecule is C=CCOC(=O)/C(C)=C/c1ccoc1. The molecule has 0 saturated carbocycles. The molecule has 0 amide bonds. The third-order valence-corrected chi connectivity index (χ3v) is 1.58. The predicted octanol–water partition coefficient (Wildman–Crippen LogP) is 2.41. The van der Waals surface area contributed by atoms with Gasteiger partial charge in [0, 0.05) is 11.1 Å². The molecule has 0 aliphatic rings. The van der Waals surface area contributed by atoms with Crippen LogP contribution in [0.15, 0.2) is 41.2 Å². The number of carbonyl (C=O) groups is 1. The van der Waals surface area contributed by atoms with Crippen LogP contribution in [0.5, 0.6) is 0 Å². The molecule has 1 aromatic rings. The van der Waals surface area contributed by atoms with E-state index in [1.807, 2.05) is 0 Å². The van der Waals surface area contributed by atoms with Crippen molar-refractivity contribution in [2.24, 2.45) is 0 Å². The highest BCUT2D eigenvalue weighted by atomic mass is 16.5. The molecule has 74 valence electrons. The quantitative estimate of drug-likeness (QED) is 0.418. The number of carbonyl (C=O) groups excluding carboxylic acids is 1. The van der Waals surface area contributed by atoms with Crippen LogP contribution < -0.4 is 0 Å². The number of esters is 1. The van der Waals surface area contributed by atoms with Crippen LogP contribution in [0.2, 0.25) is 0 Å². The maximum Gasteiger partial charge on any atom is 0.334 e. The summed E-state index contributed by atoms with van der Waals surface area (Å²) in [7, 11) is 0. The van der Waals surface area contributed by atoms with Gasteiger partial charge in [0.2, 0.25) is 0 Å². The highest BCUT2D eigenvalue weighted by molar-refractivity contribution is 5.92. The van der Waals surface area contributed by atoms with Crippen molar-refractivity contribution >= 4 is 12.0 Å². The van der Waals surface area contributed by atoms with Crippen molar-refractivity contribution in [1.29, 1.82) is 0 Å². The molecule has 1 heterocycles. The van der Waals surface area contributed by atoms with Crippen LogP contribution in [0.4, 0.5) is 0 Å². The van der Waals surface area contributed by atoms with E-state index in [4.69, 9.17) is 9.15 Å². The van der Waals surface area contributed by atoms with Crippen LogP contribution in [-0.4, -0.2) is 12.6 Å². The van der Waals surface area contributed by atoms with E-state index in [-0.39, 0.29) is 12.6 Å². The maximum absolute atomic E-state index is 11.3. The fraction of sp³-hybridized carbons (Fsp3) is 0.182. The van der Waals surface area contributed by atoms with Crippen molar-refractivity contribution in [3.63, 3.8) is 0 Å². The van der Waals surface area contributed by atoms with Crippen LogP contribution in [0.3, 0.4) is 0 Å². The van der Waals surface area contributed by atoms with E-state index in [9.17, 15) is 4.79 Å². The molecular formula is C11H12O3. The Morgan fingerprint density at radius 3 is 3.07 bits per heavy atom. The predicted molar refractivity (Wildman–Crippen MR) is 53.5 cm³/mol. The van der Waals surface area contributed by atoms with E-state index in [1.165, 1.54) is 6.08 Å². The Balaban J connectivity index is 2.60. The third-order valence-electron chi connectivity index (χ3n) is 1.58. The number of rotatable bonds is 4. The summed E-state index contributed by atoms with van der Waals surface area (Å²) >= 11 is 0. The number of furan rings is 1. The van der Waals surface area contributed by atoms with Gasteiger partial charge < -0.3 is 9.15 Å². The Hall–Kier alpha value is -1.77. The van der Waals surface area contributed by atoms with Gasteiger partial charge in [-0.15, -0.1) is 0 Å². The second-order valence-corrected chi connectivity index (χ2v) is 2.77. The Kier molecular flexibility index (Phi) is 3.73. The van der Waals surface area contributed by atoms with E-state index < -0.39 is 0 Å². The summed E-state index contributed by atoms with van der Waals surface area (Å²) in [4.78, 5) is 11.3. The zero-order valence-electron chi connectivity index (χ0n) is 8.03. The third kappa shape index (κ3) is 2.94. The summed E-state index contributed by atoms with van der Waals surface area (Å²) in [5.41, 5.74) is 1.38. The molecule has 0 radical (unpaired) electrons. The van der Waals surface area contributed by atoms with Crippen LogP contribution in [0.1, 0.15) is 12.5 Å². The average molecular weight is 192 g/mol. The smallest absolute Gasteiger partial charge is 0.334 e. The minimum atomic E-state index is -0.342. The van der Waals surface area contributed by atoms with Crippen molar-refractivity contribution in [3.8, 4) is 0 Å². The van der Waals surface area contributed by atoms with Gasteiger partial charge in [-0.3, -0.25) is 0 Å². The van der Waals surface area contributed by atoms with Crippen molar-refractivity contribution in [3.05, 3.63) is 42.4 Å². The fourth-order valence-corrected chi connectivity index (χ4v) is 0.914. The van der Waals surface area contributed by atoms with Crippen LogP contribution in [-0.2, 0) is 9.53 Å². The van der Waals surface area contributed by atoms with E-state index >= 15 is 0 Å². The summed E-state index contributed by atoms with van der Waals surface area (Å²) in [5, 5.41) is 0. The Bertz CT molecular complexity index is 333. The molecule has 0 saturated heterocycles. The lowest BCUT2D eigenvalue weighted by atomic mass is 10.2. The van der Waals surface area contributed by atoms with Gasteiger partial charge in [-0.25, -0.2) is 4.79 Å². The van der Waals surface area contributed by atoms with Gasteiger partial charge in [-0.1, -0.05) is 12.7 Å². The molecule has 0 atom stereocenters. The normalized spacial score (nSPS) is 11.1. The maximum atomic E-state index is 11.3. The zero-order valence-corrected chi connectivity index (χ0v) is 8.03. The first kappa shape index (κ1) is 10.3. The Labute approximate surface area is 82.7 Å². The molecule has 0 spiro atoms. The first-order valence-corrected chi connectivity index (χ1v) is 4.22. The molecule has 14 heavy (non-hydrogen) atoms.